The van der Waals surface area contributed by atoms with Crippen LogP contribution in [-0.2, 0) is 21.4 Å². The van der Waals surface area contributed by atoms with Crippen molar-refractivity contribution in [1.29, 1.82) is 0 Å². The summed E-state index contributed by atoms with van der Waals surface area (Å²) < 4.78 is 59.7. The summed E-state index contributed by atoms with van der Waals surface area (Å²) in [6, 6.07) is 12.4. The summed E-state index contributed by atoms with van der Waals surface area (Å²) in [6.45, 7) is 0.925. The van der Waals surface area contributed by atoms with E-state index in [0.29, 0.717) is 5.76 Å². The SMILES string of the molecule is Cc1ccc(S(=O)(=O)N(CC(=O)Nc2c(F)cccc2F)Cc2ccco2)cc1. The smallest absolute Gasteiger partial charge is 0.243 e. The average molecular weight is 420 g/mol. The number of para-hydroxylation sites is 1. The second-order valence-corrected chi connectivity index (χ2v) is 8.25. The molecule has 3 rings (SSSR count). The first kappa shape index (κ1) is 20.7. The van der Waals surface area contributed by atoms with Gasteiger partial charge in [0, 0.05) is 0 Å². The lowest BCUT2D eigenvalue weighted by atomic mass is 10.2. The highest BCUT2D eigenvalue weighted by atomic mass is 32.2. The van der Waals surface area contributed by atoms with E-state index in [4.69, 9.17) is 4.42 Å². The van der Waals surface area contributed by atoms with Gasteiger partial charge in [0.15, 0.2) is 0 Å². The number of amides is 1. The van der Waals surface area contributed by atoms with Crippen LogP contribution in [0.15, 0.2) is 70.2 Å². The van der Waals surface area contributed by atoms with Gasteiger partial charge in [-0.1, -0.05) is 23.8 Å². The van der Waals surface area contributed by atoms with Gasteiger partial charge >= 0.3 is 0 Å². The molecule has 2 aromatic carbocycles. The summed E-state index contributed by atoms with van der Waals surface area (Å²) in [6.07, 6.45) is 1.38. The van der Waals surface area contributed by atoms with Gasteiger partial charge in [-0.3, -0.25) is 4.79 Å². The molecule has 0 saturated heterocycles. The Labute approximate surface area is 166 Å². The van der Waals surface area contributed by atoms with Crippen molar-refractivity contribution in [3.8, 4) is 0 Å². The Kier molecular flexibility index (Phi) is 6.09. The third-order valence-corrected chi connectivity index (χ3v) is 5.92. The van der Waals surface area contributed by atoms with Gasteiger partial charge in [-0.25, -0.2) is 17.2 Å². The molecule has 0 aliphatic carbocycles. The van der Waals surface area contributed by atoms with Gasteiger partial charge in [0.1, 0.15) is 23.1 Å². The van der Waals surface area contributed by atoms with E-state index in [-0.39, 0.29) is 11.4 Å². The van der Waals surface area contributed by atoms with E-state index >= 15 is 0 Å². The number of furan rings is 1. The number of sulfonamides is 1. The maximum atomic E-state index is 13.8. The van der Waals surface area contributed by atoms with Crippen LogP contribution in [-0.4, -0.2) is 25.2 Å². The number of carbonyl (C=O) groups excluding carboxylic acids is 1. The molecular formula is C20H18F2N2O4S. The average Bonchev–Trinajstić information content (AvgIpc) is 3.18. The molecule has 0 aliphatic heterocycles. The van der Waals surface area contributed by atoms with Gasteiger partial charge in [-0.2, -0.15) is 4.31 Å². The molecule has 0 aliphatic rings. The van der Waals surface area contributed by atoms with Gasteiger partial charge in [-0.15, -0.1) is 0 Å². The molecule has 0 atom stereocenters. The molecule has 9 heteroatoms. The highest BCUT2D eigenvalue weighted by molar-refractivity contribution is 7.89. The van der Waals surface area contributed by atoms with E-state index in [1.165, 1.54) is 18.4 Å². The molecule has 1 N–H and O–H groups in total. The molecule has 3 aromatic rings. The van der Waals surface area contributed by atoms with Crippen molar-refractivity contribution in [3.63, 3.8) is 0 Å². The van der Waals surface area contributed by atoms with Crippen LogP contribution in [0.2, 0.25) is 0 Å². The van der Waals surface area contributed by atoms with Crippen LogP contribution in [0.4, 0.5) is 14.5 Å². The molecule has 0 spiro atoms. The van der Waals surface area contributed by atoms with E-state index in [9.17, 15) is 22.0 Å². The van der Waals surface area contributed by atoms with E-state index in [1.807, 2.05) is 6.92 Å². The number of benzene rings is 2. The number of hydrogen-bond acceptors (Lipinski definition) is 4. The van der Waals surface area contributed by atoms with Crippen LogP contribution in [0.5, 0.6) is 0 Å². The molecule has 0 saturated carbocycles. The number of carbonyl (C=O) groups is 1. The predicted molar refractivity (Wildman–Crippen MR) is 102 cm³/mol. The zero-order valence-corrected chi connectivity index (χ0v) is 16.2. The zero-order chi connectivity index (χ0) is 21.0. The fourth-order valence-corrected chi connectivity index (χ4v) is 3.98. The van der Waals surface area contributed by atoms with Crippen molar-refractivity contribution in [3.05, 3.63) is 83.8 Å². The Bertz CT molecular complexity index is 1080. The molecule has 1 heterocycles. The number of rotatable bonds is 7. The first-order valence-electron chi connectivity index (χ1n) is 8.60. The second-order valence-electron chi connectivity index (χ2n) is 6.31. The number of halogens is 2. The monoisotopic (exact) mass is 420 g/mol. The Morgan fingerprint density at radius 1 is 1.03 bits per heavy atom. The lowest BCUT2D eigenvalue weighted by Gasteiger charge is -2.21. The highest BCUT2D eigenvalue weighted by Crippen LogP contribution is 2.21. The first-order valence-corrected chi connectivity index (χ1v) is 10.0. The van der Waals surface area contributed by atoms with Crippen molar-refractivity contribution < 1.29 is 26.4 Å². The van der Waals surface area contributed by atoms with Gasteiger partial charge in [0.2, 0.25) is 15.9 Å². The highest BCUT2D eigenvalue weighted by Gasteiger charge is 2.28. The topological polar surface area (TPSA) is 79.6 Å². The number of hydrogen-bond donors (Lipinski definition) is 1. The van der Waals surface area contributed by atoms with Gasteiger partial charge < -0.3 is 9.73 Å². The summed E-state index contributed by atoms with van der Waals surface area (Å²) in [5.74, 6) is -2.50. The largest absolute Gasteiger partial charge is 0.468 e. The minimum atomic E-state index is -4.08. The molecule has 0 radical (unpaired) electrons. The lowest BCUT2D eigenvalue weighted by molar-refractivity contribution is -0.116. The van der Waals surface area contributed by atoms with E-state index < -0.39 is 39.8 Å². The van der Waals surface area contributed by atoms with Crippen LogP contribution in [0.25, 0.3) is 0 Å². The molecule has 0 unspecified atom stereocenters. The molecule has 152 valence electrons. The van der Waals surface area contributed by atoms with Crippen LogP contribution in [0.3, 0.4) is 0 Å². The molecule has 29 heavy (non-hydrogen) atoms. The Morgan fingerprint density at radius 2 is 1.69 bits per heavy atom. The number of nitrogens with one attached hydrogen (secondary N) is 1. The van der Waals surface area contributed by atoms with Gasteiger partial charge in [0.25, 0.3) is 0 Å². The zero-order valence-electron chi connectivity index (χ0n) is 15.4. The van der Waals surface area contributed by atoms with Crippen molar-refractivity contribution in [2.45, 2.75) is 18.4 Å². The Hall–Kier alpha value is -3.04. The minimum absolute atomic E-state index is 0.0143. The van der Waals surface area contributed by atoms with E-state index in [2.05, 4.69) is 5.32 Å². The van der Waals surface area contributed by atoms with Crippen LogP contribution in [0, 0.1) is 18.6 Å². The van der Waals surface area contributed by atoms with Crippen molar-refractivity contribution in [2.24, 2.45) is 0 Å². The molecule has 6 nitrogen and oxygen atoms in total. The van der Waals surface area contributed by atoms with E-state index in [1.54, 1.807) is 24.3 Å². The second kappa shape index (κ2) is 8.54. The summed E-state index contributed by atoms with van der Waals surface area (Å²) >= 11 is 0. The Balaban J connectivity index is 1.87. The van der Waals surface area contributed by atoms with Crippen molar-refractivity contribution in [2.75, 3.05) is 11.9 Å². The standard InChI is InChI=1S/C20H18F2N2O4S/c1-14-7-9-16(10-8-14)29(26,27)24(12-15-4-3-11-28-15)13-19(25)23-20-17(21)5-2-6-18(20)22/h2-11H,12-13H2,1H3,(H,23,25). The first-order chi connectivity index (χ1) is 13.8. The number of aryl methyl sites for hydroxylation is 1. The summed E-state index contributed by atoms with van der Waals surface area (Å²) in [4.78, 5) is 12.4. The van der Waals surface area contributed by atoms with Gasteiger partial charge in [0.05, 0.1) is 24.2 Å². The number of nitrogens with zero attached hydrogens (tertiary/aromatic N) is 1. The summed E-state index contributed by atoms with van der Waals surface area (Å²) in [5, 5.41) is 2.10. The normalized spacial score (nSPS) is 11.6. The quantitative estimate of drug-likeness (QED) is 0.632. The van der Waals surface area contributed by atoms with Crippen molar-refractivity contribution in [1.82, 2.24) is 4.31 Å². The van der Waals surface area contributed by atoms with Crippen LogP contribution in [0.1, 0.15) is 11.3 Å². The maximum Gasteiger partial charge on any atom is 0.243 e. The molecule has 0 bridgehead atoms. The third kappa shape index (κ3) is 4.87. The third-order valence-electron chi connectivity index (χ3n) is 4.12. The van der Waals surface area contributed by atoms with Crippen LogP contribution >= 0.6 is 0 Å². The maximum absolute atomic E-state index is 13.8. The predicted octanol–water partition coefficient (Wildman–Crippen LogP) is 3.70. The Morgan fingerprint density at radius 3 is 2.28 bits per heavy atom. The fourth-order valence-electron chi connectivity index (χ4n) is 2.62. The fraction of sp³-hybridized carbons (Fsp3) is 0.150. The van der Waals surface area contributed by atoms with Gasteiger partial charge in [-0.05, 0) is 43.3 Å². The molecule has 1 amide bonds. The lowest BCUT2D eigenvalue weighted by Crippen LogP contribution is -2.37. The molecular weight excluding hydrogens is 402 g/mol. The summed E-state index contributed by atoms with van der Waals surface area (Å²) in [5.41, 5.74) is 0.234. The minimum Gasteiger partial charge on any atom is -0.468 e. The van der Waals surface area contributed by atoms with Crippen LogP contribution < -0.4 is 5.32 Å². The van der Waals surface area contributed by atoms with E-state index in [0.717, 1.165) is 28.1 Å². The van der Waals surface area contributed by atoms with Crippen molar-refractivity contribution >= 4 is 21.6 Å². The summed E-state index contributed by atoms with van der Waals surface area (Å²) in [7, 11) is -4.08. The number of anilines is 1. The molecule has 0 fully saturated rings. The molecule has 1 aromatic heterocycles.